The van der Waals surface area contributed by atoms with Crippen LogP contribution in [0.3, 0.4) is 0 Å². The van der Waals surface area contributed by atoms with Crippen LogP contribution in [-0.4, -0.2) is 41.8 Å². The van der Waals surface area contributed by atoms with Gasteiger partial charge in [-0.05, 0) is 36.2 Å². The molecule has 1 saturated heterocycles. The monoisotopic (exact) mass is 401 g/mol. The highest BCUT2D eigenvalue weighted by atomic mass is 32.2. The molecule has 1 amide bonds. The number of benzene rings is 2. The summed E-state index contributed by atoms with van der Waals surface area (Å²) in [5.74, 6) is 0.692. The van der Waals surface area contributed by atoms with Gasteiger partial charge in [0.15, 0.2) is 15.0 Å². The van der Waals surface area contributed by atoms with Crippen LogP contribution in [0.4, 0.5) is 0 Å². The van der Waals surface area contributed by atoms with Crippen molar-refractivity contribution in [2.24, 2.45) is 0 Å². The number of aromatic amines is 1. The van der Waals surface area contributed by atoms with E-state index in [1.54, 1.807) is 23.9 Å². The standard InChI is InChI=1S/C19H19N3O3S2/c23-18(20-15-9-10-27(24,25)12-15)14-7-5-13(6-8-14)11-26-19-21-16-3-1-2-4-17(16)22-19/h1-8,15H,9-12H2,(H,20,23)(H,21,22). The van der Waals surface area contributed by atoms with E-state index >= 15 is 0 Å². The third kappa shape index (κ3) is 4.33. The van der Waals surface area contributed by atoms with E-state index in [2.05, 4.69) is 15.3 Å². The molecule has 4 rings (SSSR count). The summed E-state index contributed by atoms with van der Waals surface area (Å²) in [5.41, 5.74) is 3.58. The van der Waals surface area contributed by atoms with Crippen molar-refractivity contribution in [1.82, 2.24) is 15.3 Å². The molecule has 2 heterocycles. The van der Waals surface area contributed by atoms with Crippen LogP contribution in [0, 0.1) is 0 Å². The van der Waals surface area contributed by atoms with Crippen LogP contribution in [0.5, 0.6) is 0 Å². The third-order valence-corrected chi connectivity index (χ3v) is 7.24. The van der Waals surface area contributed by atoms with Gasteiger partial charge in [-0.15, -0.1) is 0 Å². The van der Waals surface area contributed by atoms with Crippen LogP contribution >= 0.6 is 11.8 Å². The van der Waals surface area contributed by atoms with E-state index in [1.165, 1.54) is 0 Å². The Morgan fingerprint density at radius 2 is 1.96 bits per heavy atom. The van der Waals surface area contributed by atoms with Crippen molar-refractivity contribution in [3.63, 3.8) is 0 Å². The predicted molar refractivity (Wildman–Crippen MR) is 107 cm³/mol. The Morgan fingerprint density at radius 1 is 1.19 bits per heavy atom. The summed E-state index contributed by atoms with van der Waals surface area (Å²) in [6.45, 7) is 0. The highest BCUT2D eigenvalue weighted by molar-refractivity contribution is 7.98. The maximum atomic E-state index is 12.3. The molecule has 140 valence electrons. The number of nitrogens with one attached hydrogen (secondary N) is 2. The molecule has 2 N–H and O–H groups in total. The summed E-state index contributed by atoms with van der Waals surface area (Å²) in [4.78, 5) is 20.1. The van der Waals surface area contributed by atoms with E-state index in [1.807, 2.05) is 36.4 Å². The number of para-hydroxylation sites is 2. The SMILES string of the molecule is O=C(NC1CCS(=O)(=O)C1)c1ccc(CSc2nc3ccccc3[nH]2)cc1. The normalized spacial score (nSPS) is 18.6. The van der Waals surface area contributed by atoms with Crippen LogP contribution in [-0.2, 0) is 15.6 Å². The van der Waals surface area contributed by atoms with Gasteiger partial charge in [-0.1, -0.05) is 36.0 Å². The fourth-order valence-electron chi connectivity index (χ4n) is 3.08. The first kappa shape index (κ1) is 18.1. The molecule has 1 fully saturated rings. The van der Waals surface area contributed by atoms with Crippen LogP contribution < -0.4 is 5.32 Å². The molecule has 0 aliphatic carbocycles. The van der Waals surface area contributed by atoms with Crippen molar-refractivity contribution in [3.8, 4) is 0 Å². The number of thioether (sulfide) groups is 1. The van der Waals surface area contributed by atoms with E-state index in [9.17, 15) is 13.2 Å². The zero-order chi connectivity index (χ0) is 18.9. The summed E-state index contributed by atoms with van der Waals surface area (Å²) in [7, 11) is -3.00. The summed E-state index contributed by atoms with van der Waals surface area (Å²) in [6.07, 6.45) is 0.486. The highest BCUT2D eigenvalue weighted by Gasteiger charge is 2.29. The van der Waals surface area contributed by atoms with Gasteiger partial charge in [0.25, 0.3) is 5.91 Å². The smallest absolute Gasteiger partial charge is 0.251 e. The molecule has 1 aliphatic rings. The van der Waals surface area contributed by atoms with Gasteiger partial charge in [0.05, 0.1) is 22.5 Å². The second kappa shape index (κ2) is 7.36. The largest absolute Gasteiger partial charge is 0.348 e. The van der Waals surface area contributed by atoms with Gasteiger partial charge in [0, 0.05) is 17.4 Å². The molecule has 27 heavy (non-hydrogen) atoms. The molecule has 3 aromatic rings. The number of amides is 1. The second-order valence-corrected chi connectivity index (χ2v) is 9.81. The molecule has 1 atom stereocenters. The average Bonchev–Trinajstić information content (AvgIpc) is 3.22. The molecule has 1 aromatic heterocycles. The zero-order valence-electron chi connectivity index (χ0n) is 14.5. The van der Waals surface area contributed by atoms with Crippen LogP contribution in [0.15, 0.2) is 53.7 Å². The van der Waals surface area contributed by atoms with Crippen molar-refractivity contribution < 1.29 is 13.2 Å². The Balaban J connectivity index is 1.35. The van der Waals surface area contributed by atoms with Crippen LogP contribution in [0.2, 0.25) is 0 Å². The van der Waals surface area contributed by atoms with Gasteiger partial charge in [0.2, 0.25) is 0 Å². The number of aromatic nitrogens is 2. The highest BCUT2D eigenvalue weighted by Crippen LogP contribution is 2.23. The Kier molecular flexibility index (Phi) is 4.92. The van der Waals surface area contributed by atoms with Crippen molar-refractivity contribution in [2.75, 3.05) is 11.5 Å². The van der Waals surface area contributed by atoms with E-state index < -0.39 is 9.84 Å². The molecule has 0 saturated carbocycles. The number of sulfone groups is 1. The molecular weight excluding hydrogens is 382 g/mol. The summed E-state index contributed by atoms with van der Waals surface area (Å²) in [5, 5.41) is 3.67. The summed E-state index contributed by atoms with van der Waals surface area (Å²) in [6, 6.07) is 15.0. The summed E-state index contributed by atoms with van der Waals surface area (Å²) >= 11 is 1.61. The van der Waals surface area contributed by atoms with E-state index in [4.69, 9.17) is 0 Å². The minimum absolute atomic E-state index is 0.0327. The zero-order valence-corrected chi connectivity index (χ0v) is 16.1. The minimum Gasteiger partial charge on any atom is -0.348 e. The number of carbonyl (C=O) groups is 1. The topological polar surface area (TPSA) is 91.9 Å². The second-order valence-electron chi connectivity index (χ2n) is 6.62. The molecule has 0 spiro atoms. The molecule has 1 unspecified atom stereocenters. The van der Waals surface area contributed by atoms with Crippen LogP contribution in [0.1, 0.15) is 22.3 Å². The van der Waals surface area contributed by atoms with Gasteiger partial charge in [0.1, 0.15) is 0 Å². The van der Waals surface area contributed by atoms with Gasteiger partial charge in [-0.25, -0.2) is 13.4 Å². The lowest BCUT2D eigenvalue weighted by molar-refractivity contribution is 0.0941. The number of fused-ring (bicyclic) bond motifs is 1. The van der Waals surface area contributed by atoms with E-state index in [0.717, 1.165) is 27.5 Å². The quantitative estimate of drug-likeness (QED) is 0.642. The molecule has 0 radical (unpaired) electrons. The van der Waals surface area contributed by atoms with Gasteiger partial charge in [-0.3, -0.25) is 4.79 Å². The van der Waals surface area contributed by atoms with Gasteiger partial charge < -0.3 is 10.3 Å². The first-order valence-electron chi connectivity index (χ1n) is 8.66. The predicted octanol–water partition coefficient (Wildman–Crippen LogP) is 2.77. The number of carbonyl (C=O) groups excluding carboxylic acids is 1. The van der Waals surface area contributed by atoms with Crippen molar-refractivity contribution >= 4 is 38.5 Å². The van der Waals surface area contributed by atoms with Crippen molar-refractivity contribution in [1.29, 1.82) is 0 Å². The number of imidazole rings is 1. The van der Waals surface area contributed by atoms with E-state index in [0.29, 0.717) is 12.0 Å². The lowest BCUT2D eigenvalue weighted by Gasteiger charge is -2.11. The fraction of sp³-hybridized carbons (Fsp3) is 0.263. The Morgan fingerprint density at radius 3 is 2.67 bits per heavy atom. The van der Waals surface area contributed by atoms with Crippen molar-refractivity contribution in [2.45, 2.75) is 23.4 Å². The maximum absolute atomic E-state index is 12.3. The number of hydrogen-bond donors (Lipinski definition) is 2. The van der Waals surface area contributed by atoms with Gasteiger partial charge in [-0.2, -0.15) is 0 Å². The summed E-state index contributed by atoms with van der Waals surface area (Å²) < 4.78 is 23.0. The molecule has 8 heteroatoms. The van der Waals surface area contributed by atoms with Crippen LogP contribution in [0.25, 0.3) is 11.0 Å². The van der Waals surface area contributed by atoms with Crippen molar-refractivity contribution in [3.05, 3.63) is 59.7 Å². The van der Waals surface area contributed by atoms with E-state index in [-0.39, 0.29) is 23.5 Å². The number of hydrogen-bond acceptors (Lipinski definition) is 5. The molecule has 6 nitrogen and oxygen atoms in total. The molecule has 1 aliphatic heterocycles. The Labute approximate surface area is 161 Å². The number of rotatable bonds is 5. The Hall–Kier alpha value is -2.32. The number of H-pyrrole nitrogens is 1. The Bertz CT molecular complexity index is 1040. The molecule has 2 aromatic carbocycles. The maximum Gasteiger partial charge on any atom is 0.251 e. The minimum atomic E-state index is -3.00. The molecular formula is C19H19N3O3S2. The average molecular weight is 402 g/mol. The lowest BCUT2D eigenvalue weighted by atomic mass is 10.1. The lowest BCUT2D eigenvalue weighted by Crippen LogP contribution is -2.35. The first-order valence-corrected chi connectivity index (χ1v) is 11.5. The first-order chi connectivity index (χ1) is 13.0. The number of nitrogens with zero attached hydrogens (tertiary/aromatic N) is 1. The fourth-order valence-corrected chi connectivity index (χ4v) is 5.59. The van der Waals surface area contributed by atoms with Gasteiger partial charge >= 0.3 is 0 Å². The third-order valence-electron chi connectivity index (χ3n) is 4.53. The molecule has 0 bridgehead atoms.